The van der Waals surface area contributed by atoms with Gasteiger partial charge in [-0.3, -0.25) is 4.79 Å². The number of aryl methyl sites for hydroxylation is 1. The zero-order chi connectivity index (χ0) is 14.0. The molecular formula is C13H11Cl2N3O. The first kappa shape index (κ1) is 13.6. The molecule has 0 radical (unpaired) electrons. The summed E-state index contributed by atoms with van der Waals surface area (Å²) in [6, 6.07) is 8.19. The molecule has 0 unspecified atom stereocenters. The fourth-order valence-corrected chi connectivity index (χ4v) is 1.87. The molecule has 2 N–H and O–H groups in total. The van der Waals surface area contributed by atoms with Gasteiger partial charge in [-0.25, -0.2) is 0 Å². The summed E-state index contributed by atoms with van der Waals surface area (Å²) in [5.41, 5.74) is 6.98. The minimum absolute atomic E-state index is 0.279. The predicted octanol–water partition coefficient (Wildman–Crippen LogP) is 2.93. The first-order chi connectivity index (χ1) is 8.97. The Morgan fingerprint density at radius 2 is 1.95 bits per heavy atom. The van der Waals surface area contributed by atoms with Crippen LogP contribution >= 0.6 is 23.2 Å². The van der Waals surface area contributed by atoms with E-state index in [9.17, 15) is 4.79 Å². The summed E-state index contributed by atoms with van der Waals surface area (Å²) in [4.78, 5) is 11.7. The summed E-state index contributed by atoms with van der Waals surface area (Å²) in [6.07, 6.45) is 1.50. The maximum Gasteiger partial charge on any atom is 0.273 e. The first-order valence-corrected chi connectivity index (χ1v) is 6.21. The van der Waals surface area contributed by atoms with Crippen molar-refractivity contribution < 1.29 is 0 Å². The second-order valence-electron chi connectivity index (χ2n) is 4.03. The molecule has 4 nitrogen and oxygen atoms in total. The number of benzene rings is 1. The molecule has 1 heterocycles. The second-order valence-corrected chi connectivity index (χ2v) is 4.84. The molecule has 19 heavy (non-hydrogen) atoms. The molecule has 0 atom stereocenters. The van der Waals surface area contributed by atoms with Crippen molar-refractivity contribution in [2.45, 2.75) is 6.92 Å². The van der Waals surface area contributed by atoms with Crippen LogP contribution in [0.5, 0.6) is 0 Å². The molecule has 0 fully saturated rings. The van der Waals surface area contributed by atoms with Gasteiger partial charge >= 0.3 is 0 Å². The molecule has 1 aromatic carbocycles. The van der Waals surface area contributed by atoms with Crippen LogP contribution in [-0.2, 0) is 0 Å². The Bertz CT molecular complexity index is 708. The van der Waals surface area contributed by atoms with E-state index in [1.54, 1.807) is 31.2 Å². The van der Waals surface area contributed by atoms with Crippen molar-refractivity contribution in [1.29, 1.82) is 0 Å². The highest BCUT2D eigenvalue weighted by atomic mass is 35.5. The van der Waals surface area contributed by atoms with Gasteiger partial charge in [0.2, 0.25) is 0 Å². The van der Waals surface area contributed by atoms with Gasteiger partial charge in [-0.05, 0) is 36.2 Å². The molecule has 0 saturated carbocycles. The quantitative estimate of drug-likeness (QED) is 0.866. The summed E-state index contributed by atoms with van der Waals surface area (Å²) >= 11 is 11.7. The zero-order valence-electron chi connectivity index (χ0n) is 10.1. The van der Waals surface area contributed by atoms with Gasteiger partial charge in [0.05, 0.1) is 16.3 Å². The molecule has 0 bridgehead atoms. The highest BCUT2D eigenvalue weighted by Gasteiger charge is 2.01. The Labute approximate surface area is 120 Å². The largest absolute Gasteiger partial charge is 0.384 e. The van der Waals surface area contributed by atoms with E-state index in [4.69, 9.17) is 28.9 Å². The molecule has 0 amide bonds. The van der Waals surface area contributed by atoms with Crippen LogP contribution in [0.25, 0.3) is 0 Å². The molecule has 2 rings (SSSR count). The normalized spacial score (nSPS) is 11.1. The van der Waals surface area contributed by atoms with Gasteiger partial charge in [0.15, 0.2) is 0 Å². The zero-order valence-corrected chi connectivity index (χ0v) is 11.6. The minimum atomic E-state index is -0.284. The van der Waals surface area contributed by atoms with Crippen LogP contribution < -0.4 is 11.3 Å². The van der Waals surface area contributed by atoms with E-state index in [1.165, 1.54) is 12.3 Å². The van der Waals surface area contributed by atoms with E-state index < -0.39 is 0 Å². The van der Waals surface area contributed by atoms with E-state index in [1.807, 2.05) is 0 Å². The molecule has 1 aromatic heterocycles. The van der Waals surface area contributed by atoms with E-state index in [0.29, 0.717) is 10.0 Å². The molecule has 6 heteroatoms. The van der Waals surface area contributed by atoms with Gasteiger partial charge in [-0.2, -0.15) is 9.78 Å². The number of nitrogens with zero attached hydrogens (tertiary/aromatic N) is 2. The van der Waals surface area contributed by atoms with E-state index >= 15 is 0 Å². The fraction of sp³-hybridized carbons (Fsp3) is 0.0769. The Morgan fingerprint density at radius 3 is 2.58 bits per heavy atom. The standard InChI is InChI=1S/C13H11Cl2N3O/c1-8-4-12(16)18(13(19)5-8)17-7-9-2-3-10(14)11(15)6-9/h2-7H,16H2,1H3/b17-7-. The van der Waals surface area contributed by atoms with Crippen LogP contribution in [0.4, 0.5) is 5.82 Å². The Morgan fingerprint density at radius 1 is 1.21 bits per heavy atom. The summed E-state index contributed by atoms with van der Waals surface area (Å²) in [7, 11) is 0. The second kappa shape index (κ2) is 5.47. The summed E-state index contributed by atoms with van der Waals surface area (Å²) in [6.45, 7) is 1.80. The van der Waals surface area contributed by atoms with Crippen LogP contribution in [0.3, 0.4) is 0 Å². The van der Waals surface area contributed by atoms with Gasteiger partial charge in [0, 0.05) is 6.07 Å². The number of anilines is 1. The van der Waals surface area contributed by atoms with Gasteiger partial charge in [0.25, 0.3) is 5.56 Å². The average Bonchev–Trinajstić information content (AvgIpc) is 2.32. The van der Waals surface area contributed by atoms with Crippen molar-refractivity contribution in [2.75, 3.05) is 5.73 Å². The van der Waals surface area contributed by atoms with Crippen LogP contribution in [-0.4, -0.2) is 10.9 Å². The van der Waals surface area contributed by atoms with Crippen molar-refractivity contribution in [3.8, 4) is 0 Å². The third kappa shape index (κ3) is 3.16. The van der Waals surface area contributed by atoms with Crippen LogP contribution in [0.15, 0.2) is 40.2 Å². The highest BCUT2D eigenvalue weighted by Crippen LogP contribution is 2.21. The van der Waals surface area contributed by atoms with E-state index in [-0.39, 0.29) is 11.4 Å². The number of hydrogen-bond acceptors (Lipinski definition) is 3. The number of hydrogen-bond donors (Lipinski definition) is 1. The lowest BCUT2D eigenvalue weighted by molar-refractivity contribution is 0.843. The highest BCUT2D eigenvalue weighted by molar-refractivity contribution is 6.42. The number of nitrogen functional groups attached to an aromatic ring is 1. The number of nitrogens with two attached hydrogens (primary N) is 1. The third-order valence-electron chi connectivity index (χ3n) is 2.45. The van der Waals surface area contributed by atoms with E-state index in [0.717, 1.165) is 15.8 Å². The van der Waals surface area contributed by atoms with Crippen LogP contribution in [0.1, 0.15) is 11.1 Å². The Hall–Kier alpha value is -1.78. The summed E-state index contributed by atoms with van der Waals surface area (Å²) in [5.74, 6) is 0.279. The van der Waals surface area contributed by atoms with Crippen molar-refractivity contribution in [1.82, 2.24) is 4.68 Å². The molecule has 2 aromatic rings. The van der Waals surface area contributed by atoms with Gasteiger partial charge in [0.1, 0.15) is 5.82 Å². The first-order valence-electron chi connectivity index (χ1n) is 5.46. The van der Waals surface area contributed by atoms with Gasteiger partial charge < -0.3 is 5.73 Å². The maximum absolute atomic E-state index is 11.7. The molecular weight excluding hydrogens is 285 g/mol. The number of pyridine rings is 1. The topological polar surface area (TPSA) is 60.4 Å². The Balaban J connectivity index is 2.38. The van der Waals surface area contributed by atoms with Crippen molar-refractivity contribution in [3.63, 3.8) is 0 Å². The number of rotatable bonds is 2. The lowest BCUT2D eigenvalue weighted by Crippen LogP contribution is -2.19. The monoisotopic (exact) mass is 295 g/mol. The molecule has 0 saturated heterocycles. The Kier molecular flexibility index (Phi) is 3.93. The number of halogens is 2. The molecule has 0 aliphatic heterocycles. The maximum atomic E-state index is 11.7. The lowest BCUT2D eigenvalue weighted by Gasteiger charge is -2.03. The van der Waals surface area contributed by atoms with Crippen LogP contribution in [0, 0.1) is 6.92 Å². The average molecular weight is 296 g/mol. The third-order valence-corrected chi connectivity index (χ3v) is 3.18. The van der Waals surface area contributed by atoms with Gasteiger partial charge in [-0.1, -0.05) is 29.3 Å². The summed E-state index contributed by atoms with van der Waals surface area (Å²) < 4.78 is 1.12. The molecule has 98 valence electrons. The lowest BCUT2D eigenvalue weighted by atomic mass is 10.2. The van der Waals surface area contributed by atoms with Crippen molar-refractivity contribution in [3.05, 3.63) is 61.9 Å². The summed E-state index contributed by atoms with van der Waals surface area (Å²) in [5, 5.41) is 4.93. The minimum Gasteiger partial charge on any atom is -0.384 e. The van der Waals surface area contributed by atoms with E-state index in [2.05, 4.69) is 5.10 Å². The van der Waals surface area contributed by atoms with Gasteiger partial charge in [-0.15, -0.1) is 0 Å². The SMILES string of the molecule is Cc1cc(N)n(/N=C\c2ccc(Cl)c(Cl)c2)c(=O)c1. The smallest absolute Gasteiger partial charge is 0.273 e. The van der Waals surface area contributed by atoms with Crippen molar-refractivity contribution in [2.24, 2.45) is 5.10 Å². The molecule has 0 spiro atoms. The fourth-order valence-electron chi connectivity index (χ4n) is 1.56. The number of aromatic nitrogens is 1. The predicted molar refractivity (Wildman–Crippen MR) is 79.3 cm³/mol. The van der Waals surface area contributed by atoms with Crippen LogP contribution in [0.2, 0.25) is 10.0 Å². The van der Waals surface area contributed by atoms with Crippen molar-refractivity contribution >= 4 is 35.2 Å². The molecule has 0 aliphatic rings. The molecule has 0 aliphatic carbocycles.